The quantitative estimate of drug-likeness (QED) is 0.672. The van der Waals surface area contributed by atoms with Crippen LogP contribution in [0.5, 0.6) is 5.75 Å². The van der Waals surface area contributed by atoms with Gasteiger partial charge in [0.2, 0.25) is 0 Å². The van der Waals surface area contributed by atoms with Gasteiger partial charge in [0.15, 0.2) is 0 Å². The van der Waals surface area contributed by atoms with Crippen molar-refractivity contribution in [3.63, 3.8) is 0 Å². The number of aryl methyl sites for hydroxylation is 2. The Morgan fingerprint density at radius 2 is 2.12 bits per heavy atom. The van der Waals surface area contributed by atoms with Gasteiger partial charge in [-0.3, -0.25) is 0 Å². The zero-order valence-electron chi connectivity index (χ0n) is 10.3. The van der Waals surface area contributed by atoms with E-state index in [1.807, 2.05) is 13.8 Å². The summed E-state index contributed by atoms with van der Waals surface area (Å²) in [5.74, 6) is 1.88. The molecule has 0 bridgehead atoms. The smallest absolute Gasteiger partial charge is 0.133 e. The Hall–Kier alpha value is -0.960. The molecule has 0 aliphatic carbocycles. The topological polar surface area (TPSA) is 18.5 Å². The van der Waals surface area contributed by atoms with E-state index in [2.05, 4.69) is 19.6 Å². The zero-order valence-corrected chi connectivity index (χ0v) is 11.2. The summed E-state index contributed by atoms with van der Waals surface area (Å²) in [6.45, 7) is 11.4. The lowest BCUT2D eigenvalue weighted by atomic mass is 10.2. The molecule has 0 atom stereocenters. The number of hydrogen-bond donors (Lipinski definition) is 0. The van der Waals surface area contributed by atoms with Crippen LogP contribution in [-0.2, 0) is 11.2 Å². The third kappa shape index (κ3) is 3.89. The molecule has 90 valence electrons. The summed E-state index contributed by atoms with van der Waals surface area (Å²) < 4.78 is 10.9. The molecule has 1 rings (SSSR count). The van der Waals surface area contributed by atoms with Gasteiger partial charge in [-0.25, -0.2) is 0 Å². The highest BCUT2D eigenvalue weighted by atomic mass is 32.1. The van der Waals surface area contributed by atoms with Crippen LogP contribution in [0.2, 0.25) is 0 Å². The molecule has 1 aromatic heterocycles. The predicted octanol–water partition coefficient (Wildman–Crippen LogP) is 3.94. The van der Waals surface area contributed by atoms with E-state index >= 15 is 0 Å². The van der Waals surface area contributed by atoms with Gasteiger partial charge in [0, 0.05) is 16.2 Å². The standard InChI is InChI=1S/C13H20O2S/c1-5-14-10(3)7-8-13-12(15-6-2)9-11(4)16-13/h9H,3,5-8H2,1-2,4H3. The number of rotatable bonds is 7. The van der Waals surface area contributed by atoms with E-state index in [-0.39, 0.29) is 0 Å². The fourth-order valence-corrected chi connectivity index (χ4v) is 2.50. The molecule has 1 heterocycles. The molecule has 16 heavy (non-hydrogen) atoms. The van der Waals surface area contributed by atoms with Crippen LogP contribution in [0.1, 0.15) is 30.0 Å². The van der Waals surface area contributed by atoms with Gasteiger partial charge in [-0.1, -0.05) is 6.58 Å². The van der Waals surface area contributed by atoms with E-state index in [4.69, 9.17) is 9.47 Å². The van der Waals surface area contributed by atoms with E-state index in [0.29, 0.717) is 6.61 Å². The van der Waals surface area contributed by atoms with E-state index in [1.165, 1.54) is 9.75 Å². The Morgan fingerprint density at radius 3 is 2.75 bits per heavy atom. The molecule has 0 unspecified atom stereocenters. The fraction of sp³-hybridized carbons (Fsp3) is 0.538. The molecule has 0 N–H and O–H groups in total. The minimum atomic E-state index is 0.695. The minimum absolute atomic E-state index is 0.695. The van der Waals surface area contributed by atoms with Crippen molar-refractivity contribution in [2.24, 2.45) is 0 Å². The van der Waals surface area contributed by atoms with Crippen molar-refractivity contribution in [3.05, 3.63) is 28.2 Å². The maximum Gasteiger partial charge on any atom is 0.133 e. The lowest BCUT2D eigenvalue weighted by Gasteiger charge is -2.07. The van der Waals surface area contributed by atoms with Crippen LogP contribution < -0.4 is 4.74 Å². The van der Waals surface area contributed by atoms with Gasteiger partial charge >= 0.3 is 0 Å². The number of hydrogen-bond acceptors (Lipinski definition) is 3. The summed E-state index contributed by atoms with van der Waals surface area (Å²) in [5.41, 5.74) is 0. The van der Waals surface area contributed by atoms with Gasteiger partial charge in [0.1, 0.15) is 5.75 Å². The summed E-state index contributed by atoms with van der Waals surface area (Å²) in [7, 11) is 0. The first-order valence-corrected chi connectivity index (χ1v) is 6.51. The largest absolute Gasteiger partial charge is 0.499 e. The Bertz CT molecular complexity index is 342. The van der Waals surface area contributed by atoms with Gasteiger partial charge in [-0.15, -0.1) is 11.3 Å². The average molecular weight is 240 g/mol. The first-order chi connectivity index (χ1) is 7.67. The molecule has 0 fully saturated rings. The Labute approximate surface area is 102 Å². The first kappa shape index (κ1) is 13.1. The van der Waals surface area contributed by atoms with Crippen LogP contribution in [0.4, 0.5) is 0 Å². The van der Waals surface area contributed by atoms with Crippen LogP contribution in [0.3, 0.4) is 0 Å². The highest BCUT2D eigenvalue weighted by Gasteiger charge is 2.08. The molecule has 0 spiro atoms. The van der Waals surface area contributed by atoms with Crippen molar-refractivity contribution < 1.29 is 9.47 Å². The molecule has 1 aromatic rings. The Kier molecular flexibility index (Phi) is 5.39. The fourth-order valence-electron chi connectivity index (χ4n) is 1.52. The SMILES string of the molecule is C=C(CCc1sc(C)cc1OCC)OCC. The van der Waals surface area contributed by atoms with Gasteiger partial charge in [-0.2, -0.15) is 0 Å². The summed E-state index contributed by atoms with van der Waals surface area (Å²) in [5, 5.41) is 0. The van der Waals surface area contributed by atoms with Crippen LogP contribution in [-0.4, -0.2) is 13.2 Å². The third-order valence-electron chi connectivity index (χ3n) is 2.17. The van der Waals surface area contributed by atoms with Crippen LogP contribution in [0, 0.1) is 6.92 Å². The molecule has 0 amide bonds. The van der Waals surface area contributed by atoms with E-state index in [0.717, 1.165) is 31.0 Å². The van der Waals surface area contributed by atoms with Crippen LogP contribution >= 0.6 is 11.3 Å². The number of allylic oxidation sites excluding steroid dienone is 1. The lowest BCUT2D eigenvalue weighted by molar-refractivity contribution is 0.220. The second kappa shape index (κ2) is 6.59. The minimum Gasteiger partial charge on any atom is -0.499 e. The van der Waals surface area contributed by atoms with E-state index < -0.39 is 0 Å². The maximum absolute atomic E-state index is 5.59. The second-order valence-corrected chi connectivity index (χ2v) is 4.89. The van der Waals surface area contributed by atoms with Crippen molar-refractivity contribution in [2.75, 3.05) is 13.2 Å². The Balaban J connectivity index is 2.55. The second-order valence-electron chi connectivity index (χ2n) is 3.55. The van der Waals surface area contributed by atoms with Gasteiger partial charge in [0.25, 0.3) is 0 Å². The van der Waals surface area contributed by atoms with Crippen molar-refractivity contribution in [1.82, 2.24) is 0 Å². The van der Waals surface area contributed by atoms with Gasteiger partial charge < -0.3 is 9.47 Å². The first-order valence-electron chi connectivity index (χ1n) is 5.70. The molecule has 0 aliphatic heterocycles. The predicted molar refractivity (Wildman–Crippen MR) is 69.3 cm³/mol. The van der Waals surface area contributed by atoms with E-state index in [9.17, 15) is 0 Å². The molecular formula is C13H20O2S. The average Bonchev–Trinajstić information content (AvgIpc) is 2.57. The summed E-state index contributed by atoms with van der Waals surface area (Å²) in [6.07, 6.45) is 1.82. The molecule has 0 saturated heterocycles. The summed E-state index contributed by atoms with van der Waals surface area (Å²) in [4.78, 5) is 2.58. The van der Waals surface area contributed by atoms with Crippen LogP contribution in [0.15, 0.2) is 18.4 Å². The highest BCUT2D eigenvalue weighted by Crippen LogP contribution is 2.30. The number of thiophene rings is 1. The zero-order chi connectivity index (χ0) is 12.0. The van der Waals surface area contributed by atoms with Crippen molar-refractivity contribution in [1.29, 1.82) is 0 Å². The molecule has 2 nitrogen and oxygen atoms in total. The van der Waals surface area contributed by atoms with Crippen molar-refractivity contribution in [3.8, 4) is 5.75 Å². The Morgan fingerprint density at radius 1 is 1.38 bits per heavy atom. The molecule has 0 radical (unpaired) electrons. The molecule has 0 aliphatic rings. The molecule has 0 saturated carbocycles. The third-order valence-corrected chi connectivity index (χ3v) is 3.26. The summed E-state index contributed by atoms with van der Waals surface area (Å²) in [6, 6.07) is 2.10. The van der Waals surface area contributed by atoms with Crippen LogP contribution in [0.25, 0.3) is 0 Å². The lowest BCUT2D eigenvalue weighted by Crippen LogP contribution is -1.95. The number of ether oxygens (including phenoxy) is 2. The summed E-state index contributed by atoms with van der Waals surface area (Å²) >= 11 is 1.79. The molecule has 0 aromatic carbocycles. The molecule has 3 heteroatoms. The van der Waals surface area contributed by atoms with Crippen molar-refractivity contribution in [2.45, 2.75) is 33.6 Å². The van der Waals surface area contributed by atoms with Gasteiger partial charge in [-0.05, 0) is 33.3 Å². The monoisotopic (exact) mass is 240 g/mol. The van der Waals surface area contributed by atoms with Crippen molar-refractivity contribution >= 4 is 11.3 Å². The van der Waals surface area contributed by atoms with E-state index in [1.54, 1.807) is 11.3 Å². The molecular weight excluding hydrogens is 220 g/mol. The highest BCUT2D eigenvalue weighted by molar-refractivity contribution is 7.12. The normalized spacial score (nSPS) is 10.2. The maximum atomic E-state index is 5.59. The van der Waals surface area contributed by atoms with Gasteiger partial charge in [0.05, 0.1) is 19.0 Å².